The first-order valence-corrected chi connectivity index (χ1v) is 9.09. The summed E-state index contributed by atoms with van der Waals surface area (Å²) in [4.78, 5) is 0. The summed E-state index contributed by atoms with van der Waals surface area (Å²) in [7, 11) is 2.17. The minimum absolute atomic E-state index is 0.488. The second kappa shape index (κ2) is 8.41. The van der Waals surface area contributed by atoms with E-state index < -0.39 is 0 Å². The molecule has 1 fully saturated rings. The highest BCUT2D eigenvalue weighted by molar-refractivity contribution is 4.89. The second-order valence-electron chi connectivity index (χ2n) is 8.18. The highest BCUT2D eigenvalue weighted by Crippen LogP contribution is 2.42. The van der Waals surface area contributed by atoms with E-state index in [1.165, 1.54) is 51.4 Å². The molecule has 1 aliphatic carbocycles. The molecule has 120 valence electrons. The van der Waals surface area contributed by atoms with Gasteiger partial charge in [0, 0.05) is 6.04 Å². The number of unbranched alkanes of at least 4 members (excludes halogenated alkanes) is 1. The maximum atomic E-state index is 3.61. The summed E-state index contributed by atoms with van der Waals surface area (Å²) >= 11 is 0. The van der Waals surface area contributed by atoms with Crippen molar-refractivity contribution in [2.75, 3.05) is 7.05 Å². The van der Waals surface area contributed by atoms with Gasteiger partial charge in [-0.25, -0.2) is 0 Å². The van der Waals surface area contributed by atoms with E-state index in [1.807, 2.05) is 0 Å². The van der Waals surface area contributed by atoms with Gasteiger partial charge in [-0.3, -0.25) is 0 Å². The third-order valence-electron chi connectivity index (χ3n) is 5.76. The molecule has 1 nitrogen and oxygen atoms in total. The standard InChI is InChI=1S/C19H39N/c1-7-9-10-15(8-2)13-16-14-17(19(3,4)5)11-12-18(16)20-6/h15-18,20H,7-14H2,1-6H3. The van der Waals surface area contributed by atoms with E-state index in [2.05, 4.69) is 47.0 Å². The molecule has 0 aliphatic heterocycles. The van der Waals surface area contributed by atoms with Gasteiger partial charge in [0.05, 0.1) is 0 Å². The Hall–Kier alpha value is -0.0400. The molecule has 4 atom stereocenters. The van der Waals surface area contributed by atoms with Crippen LogP contribution in [-0.4, -0.2) is 13.1 Å². The van der Waals surface area contributed by atoms with Gasteiger partial charge in [-0.1, -0.05) is 60.3 Å². The van der Waals surface area contributed by atoms with Crippen LogP contribution in [0.15, 0.2) is 0 Å². The summed E-state index contributed by atoms with van der Waals surface area (Å²) < 4.78 is 0. The van der Waals surface area contributed by atoms with Gasteiger partial charge < -0.3 is 5.32 Å². The minimum atomic E-state index is 0.488. The Bertz CT molecular complexity index is 253. The van der Waals surface area contributed by atoms with Crippen LogP contribution in [0.2, 0.25) is 0 Å². The predicted octanol–water partition coefficient (Wildman–Crippen LogP) is 5.64. The van der Waals surface area contributed by atoms with Crippen LogP contribution < -0.4 is 5.32 Å². The van der Waals surface area contributed by atoms with Gasteiger partial charge in [-0.05, 0) is 55.9 Å². The van der Waals surface area contributed by atoms with Crippen molar-refractivity contribution in [3.63, 3.8) is 0 Å². The number of rotatable bonds is 7. The Labute approximate surface area is 128 Å². The van der Waals surface area contributed by atoms with Gasteiger partial charge in [-0.2, -0.15) is 0 Å². The van der Waals surface area contributed by atoms with Crippen molar-refractivity contribution in [2.45, 2.75) is 92.0 Å². The van der Waals surface area contributed by atoms with Gasteiger partial charge in [0.2, 0.25) is 0 Å². The number of hydrogen-bond donors (Lipinski definition) is 1. The number of nitrogens with one attached hydrogen (secondary N) is 1. The molecule has 0 amide bonds. The number of hydrogen-bond acceptors (Lipinski definition) is 1. The van der Waals surface area contributed by atoms with Gasteiger partial charge in [0.25, 0.3) is 0 Å². The lowest BCUT2D eigenvalue weighted by Gasteiger charge is -2.43. The maximum absolute atomic E-state index is 3.61. The van der Waals surface area contributed by atoms with Crippen LogP contribution >= 0.6 is 0 Å². The topological polar surface area (TPSA) is 12.0 Å². The molecule has 1 saturated carbocycles. The molecule has 1 aliphatic rings. The van der Waals surface area contributed by atoms with Crippen molar-refractivity contribution in [1.82, 2.24) is 5.32 Å². The molecule has 4 unspecified atom stereocenters. The Balaban J connectivity index is 2.61. The third kappa shape index (κ3) is 5.39. The van der Waals surface area contributed by atoms with Crippen molar-refractivity contribution >= 4 is 0 Å². The Morgan fingerprint density at radius 3 is 2.35 bits per heavy atom. The lowest BCUT2D eigenvalue weighted by atomic mass is 9.65. The van der Waals surface area contributed by atoms with E-state index in [-0.39, 0.29) is 0 Å². The SMILES string of the molecule is CCCCC(CC)CC1CC(C(C)(C)C)CCC1NC. The lowest BCUT2D eigenvalue weighted by molar-refractivity contribution is 0.101. The molecule has 0 aromatic heterocycles. The smallest absolute Gasteiger partial charge is 0.00926 e. The molecule has 0 heterocycles. The molecule has 0 bridgehead atoms. The van der Waals surface area contributed by atoms with E-state index in [0.717, 1.165) is 23.8 Å². The van der Waals surface area contributed by atoms with Gasteiger partial charge in [0.15, 0.2) is 0 Å². The first-order chi connectivity index (χ1) is 9.42. The van der Waals surface area contributed by atoms with Crippen LogP contribution in [-0.2, 0) is 0 Å². The maximum Gasteiger partial charge on any atom is 0.00926 e. The van der Waals surface area contributed by atoms with E-state index >= 15 is 0 Å². The zero-order valence-electron chi connectivity index (χ0n) is 15.0. The normalized spacial score (nSPS) is 29.4. The molecule has 0 aromatic rings. The van der Waals surface area contributed by atoms with Crippen LogP contribution in [0.25, 0.3) is 0 Å². The molecule has 0 aromatic carbocycles. The summed E-state index contributed by atoms with van der Waals surface area (Å²) in [5, 5.41) is 3.61. The van der Waals surface area contributed by atoms with Crippen molar-refractivity contribution < 1.29 is 0 Å². The molecule has 20 heavy (non-hydrogen) atoms. The highest BCUT2D eigenvalue weighted by Gasteiger charge is 2.35. The summed E-state index contributed by atoms with van der Waals surface area (Å²) in [6.07, 6.45) is 11.3. The van der Waals surface area contributed by atoms with Crippen molar-refractivity contribution in [1.29, 1.82) is 0 Å². The van der Waals surface area contributed by atoms with Gasteiger partial charge >= 0.3 is 0 Å². The van der Waals surface area contributed by atoms with E-state index in [4.69, 9.17) is 0 Å². The quantitative estimate of drug-likeness (QED) is 0.636. The summed E-state index contributed by atoms with van der Waals surface area (Å²) in [5.74, 6) is 2.77. The summed E-state index contributed by atoms with van der Waals surface area (Å²) in [6.45, 7) is 12.0. The van der Waals surface area contributed by atoms with Crippen LogP contribution in [0.1, 0.15) is 86.0 Å². The molecule has 1 heteroatoms. The molecule has 1 rings (SSSR count). The third-order valence-corrected chi connectivity index (χ3v) is 5.76. The summed E-state index contributed by atoms with van der Waals surface area (Å²) in [5.41, 5.74) is 0.488. The summed E-state index contributed by atoms with van der Waals surface area (Å²) in [6, 6.07) is 0.768. The monoisotopic (exact) mass is 281 g/mol. The van der Waals surface area contributed by atoms with Crippen molar-refractivity contribution in [3.8, 4) is 0 Å². The van der Waals surface area contributed by atoms with E-state index in [9.17, 15) is 0 Å². The fraction of sp³-hybridized carbons (Fsp3) is 1.00. The molecule has 0 spiro atoms. The molecular weight excluding hydrogens is 242 g/mol. The molecule has 0 radical (unpaired) electrons. The Morgan fingerprint density at radius 1 is 1.15 bits per heavy atom. The Kier molecular flexibility index (Phi) is 7.58. The second-order valence-corrected chi connectivity index (χ2v) is 8.18. The average Bonchev–Trinajstić information content (AvgIpc) is 2.42. The van der Waals surface area contributed by atoms with E-state index in [0.29, 0.717) is 5.41 Å². The van der Waals surface area contributed by atoms with Crippen LogP contribution in [0.5, 0.6) is 0 Å². The van der Waals surface area contributed by atoms with Gasteiger partial charge in [-0.15, -0.1) is 0 Å². The molecule has 0 saturated heterocycles. The lowest BCUT2D eigenvalue weighted by Crippen LogP contribution is -2.42. The van der Waals surface area contributed by atoms with Crippen molar-refractivity contribution in [2.24, 2.45) is 23.2 Å². The zero-order valence-corrected chi connectivity index (χ0v) is 15.0. The average molecular weight is 282 g/mol. The fourth-order valence-corrected chi connectivity index (χ4v) is 4.10. The van der Waals surface area contributed by atoms with Gasteiger partial charge in [0.1, 0.15) is 0 Å². The first kappa shape index (κ1) is 18.0. The highest BCUT2D eigenvalue weighted by atomic mass is 14.9. The fourth-order valence-electron chi connectivity index (χ4n) is 4.10. The largest absolute Gasteiger partial charge is 0.317 e. The van der Waals surface area contributed by atoms with Crippen LogP contribution in [0, 0.1) is 23.2 Å². The first-order valence-electron chi connectivity index (χ1n) is 9.09. The van der Waals surface area contributed by atoms with Crippen LogP contribution in [0.3, 0.4) is 0 Å². The molecular formula is C19H39N. The Morgan fingerprint density at radius 2 is 1.85 bits per heavy atom. The molecule has 1 N–H and O–H groups in total. The van der Waals surface area contributed by atoms with Crippen molar-refractivity contribution in [3.05, 3.63) is 0 Å². The minimum Gasteiger partial charge on any atom is -0.317 e. The zero-order chi connectivity index (χ0) is 15.2. The van der Waals surface area contributed by atoms with Crippen LogP contribution in [0.4, 0.5) is 0 Å². The van der Waals surface area contributed by atoms with E-state index in [1.54, 1.807) is 0 Å². The predicted molar refractivity (Wildman–Crippen MR) is 91.1 cm³/mol.